The van der Waals surface area contributed by atoms with Gasteiger partial charge in [0.25, 0.3) is 0 Å². The Labute approximate surface area is 88.8 Å². The molecule has 0 saturated heterocycles. The summed E-state index contributed by atoms with van der Waals surface area (Å²) in [5.41, 5.74) is 4.32. The molecule has 1 atom stereocenters. The molecule has 0 rings (SSSR count). The fourth-order valence-corrected chi connectivity index (χ4v) is 0.878. The van der Waals surface area contributed by atoms with Crippen LogP contribution in [-0.2, 0) is 9.53 Å². The van der Waals surface area contributed by atoms with Crippen molar-refractivity contribution >= 4 is 12.0 Å². The van der Waals surface area contributed by atoms with Gasteiger partial charge in [-0.3, -0.25) is 4.79 Å². The summed E-state index contributed by atoms with van der Waals surface area (Å²) in [5.74, 6) is -0.592. The van der Waals surface area contributed by atoms with E-state index in [4.69, 9.17) is 15.6 Å². The predicted molar refractivity (Wildman–Crippen MR) is 54.1 cm³/mol. The van der Waals surface area contributed by atoms with Crippen LogP contribution in [0.25, 0.3) is 0 Å². The van der Waals surface area contributed by atoms with E-state index in [1.807, 2.05) is 0 Å². The maximum Gasteiger partial charge on any atom is 0.407 e. The molecule has 0 fully saturated rings. The summed E-state index contributed by atoms with van der Waals surface area (Å²) in [7, 11) is 0. The van der Waals surface area contributed by atoms with Crippen LogP contribution in [0.15, 0.2) is 0 Å². The average molecular weight is 218 g/mol. The molecular weight excluding hydrogens is 200 g/mol. The second-order valence-corrected chi connectivity index (χ2v) is 4.20. The van der Waals surface area contributed by atoms with E-state index < -0.39 is 23.6 Å². The van der Waals surface area contributed by atoms with Crippen LogP contribution in [0.3, 0.4) is 0 Å². The Bertz CT molecular complexity index is 235. The van der Waals surface area contributed by atoms with E-state index in [0.717, 1.165) is 0 Å². The number of hydrogen-bond acceptors (Lipinski definition) is 4. The lowest BCUT2D eigenvalue weighted by Gasteiger charge is -2.22. The quantitative estimate of drug-likeness (QED) is 0.605. The van der Waals surface area contributed by atoms with Crippen molar-refractivity contribution in [3.8, 4) is 0 Å². The second-order valence-electron chi connectivity index (χ2n) is 4.20. The van der Waals surface area contributed by atoms with Gasteiger partial charge in [-0.2, -0.15) is 0 Å². The Morgan fingerprint density at radius 3 is 2.33 bits per heavy atom. The molecule has 88 valence electrons. The van der Waals surface area contributed by atoms with Gasteiger partial charge in [0.15, 0.2) is 0 Å². The number of aliphatic hydroxyl groups is 1. The fourth-order valence-electron chi connectivity index (χ4n) is 0.878. The number of carbonyl (C=O) groups is 2. The summed E-state index contributed by atoms with van der Waals surface area (Å²) < 4.78 is 4.94. The van der Waals surface area contributed by atoms with Crippen molar-refractivity contribution < 1.29 is 19.4 Å². The normalized spacial score (nSPS) is 13.1. The highest BCUT2D eigenvalue weighted by Crippen LogP contribution is 2.06. The molecule has 4 N–H and O–H groups in total. The first kappa shape index (κ1) is 13.7. The average Bonchev–Trinajstić information content (AvgIpc) is 1.98. The smallest absolute Gasteiger partial charge is 0.407 e. The van der Waals surface area contributed by atoms with E-state index >= 15 is 0 Å². The molecule has 0 spiro atoms. The SMILES string of the molecule is CC(C)(C)OC(=O)N[C@H](CO)CC(N)=O. The van der Waals surface area contributed by atoms with E-state index in [1.165, 1.54) is 0 Å². The van der Waals surface area contributed by atoms with E-state index in [1.54, 1.807) is 20.8 Å². The molecular formula is C9H18N2O4. The number of alkyl carbamates (subject to hydrolysis) is 1. The lowest BCUT2D eigenvalue weighted by molar-refractivity contribution is -0.118. The molecule has 0 saturated carbocycles. The third kappa shape index (κ3) is 7.75. The number of carbonyl (C=O) groups excluding carboxylic acids is 2. The van der Waals surface area contributed by atoms with Crippen LogP contribution in [0.5, 0.6) is 0 Å². The van der Waals surface area contributed by atoms with E-state index in [2.05, 4.69) is 5.32 Å². The van der Waals surface area contributed by atoms with Crippen molar-refractivity contribution in [2.75, 3.05) is 6.61 Å². The third-order valence-electron chi connectivity index (χ3n) is 1.39. The lowest BCUT2D eigenvalue weighted by Crippen LogP contribution is -2.42. The molecule has 0 aliphatic carbocycles. The molecule has 0 aliphatic heterocycles. The molecule has 0 unspecified atom stereocenters. The zero-order valence-electron chi connectivity index (χ0n) is 9.24. The topological polar surface area (TPSA) is 102 Å². The predicted octanol–water partition coefficient (Wildman–Crippen LogP) is -0.253. The molecule has 0 aliphatic rings. The summed E-state index contributed by atoms with van der Waals surface area (Å²) in [6.45, 7) is 4.79. The number of ether oxygens (including phenoxy) is 1. The number of hydrogen-bond donors (Lipinski definition) is 3. The van der Waals surface area contributed by atoms with Gasteiger partial charge in [-0.25, -0.2) is 4.79 Å². The van der Waals surface area contributed by atoms with Crippen LogP contribution in [0.1, 0.15) is 27.2 Å². The van der Waals surface area contributed by atoms with E-state index in [9.17, 15) is 9.59 Å². The van der Waals surface area contributed by atoms with Gasteiger partial charge in [0.2, 0.25) is 5.91 Å². The molecule has 0 heterocycles. The molecule has 15 heavy (non-hydrogen) atoms. The number of nitrogens with two attached hydrogens (primary N) is 1. The van der Waals surface area contributed by atoms with Crippen LogP contribution in [0.4, 0.5) is 4.79 Å². The van der Waals surface area contributed by atoms with Gasteiger partial charge in [0.1, 0.15) is 5.60 Å². The Hall–Kier alpha value is -1.30. The third-order valence-corrected chi connectivity index (χ3v) is 1.39. The molecule has 0 aromatic rings. The number of aliphatic hydroxyl groups excluding tert-OH is 1. The number of amides is 2. The lowest BCUT2D eigenvalue weighted by atomic mass is 10.2. The van der Waals surface area contributed by atoms with Crippen molar-refractivity contribution in [2.45, 2.75) is 38.8 Å². The highest BCUT2D eigenvalue weighted by Gasteiger charge is 2.19. The van der Waals surface area contributed by atoms with Gasteiger partial charge in [-0.1, -0.05) is 0 Å². The molecule has 6 nitrogen and oxygen atoms in total. The zero-order chi connectivity index (χ0) is 12.1. The molecule has 0 aromatic carbocycles. The first-order valence-corrected chi connectivity index (χ1v) is 4.63. The van der Waals surface area contributed by atoms with Gasteiger partial charge >= 0.3 is 6.09 Å². The first-order chi connectivity index (χ1) is 6.74. The molecule has 0 bridgehead atoms. The minimum Gasteiger partial charge on any atom is -0.444 e. The highest BCUT2D eigenvalue weighted by molar-refractivity contribution is 5.76. The minimum atomic E-state index is -0.697. The largest absolute Gasteiger partial charge is 0.444 e. The van der Waals surface area contributed by atoms with Crippen LogP contribution in [0, 0.1) is 0 Å². The maximum absolute atomic E-state index is 11.2. The van der Waals surface area contributed by atoms with Crippen molar-refractivity contribution in [1.29, 1.82) is 0 Å². The van der Waals surface area contributed by atoms with Gasteiger partial charge in [-0.15, -0.1) is 0 Å². The monoisotopic (exact) mass is 218 g/mol. The van der Waals surface area contributed by atoms with Crippen LogP contribution >= 0.6 is 0 Å². The summed E-state index contributed by atoms with van der Waals surface area (Å²) in [4.78, 5) is 21.8. The molecule has 0 radical (unpaired) electrons. The first-order valence-electron chi connectivity index (χ1n) is 4.63. The van der Waals surface area contributed by atoms with Crippen molar-refractivity contribution in [3.63, 3.8) is 0 Å². The Morgan fingerprint density at radius 2 is 2.00 bits per heavy atom. The molecule has 6 heteroatoms. The van der Waals surface area contributed by atoms with Crippen molar-refractivity contribution in [3.05, 3.63) is 0 Å². The summed E-state index contributed by atoms with van der Waals surface area (Å²) in [5, 5.41) is 11.2. The number of rotatable bonds is 4. The second kappa shape index (κ2) is 5.55. The number of nitrogens with one attached hydrogen (secondary N) is 1. The van der Waals surface area contributed by atoms with Crippen LogP contribution in [0.2, 0.25) is 0 Å². The fraction of sp³-hybridized carbons (Fsp3) is 0.778. The molecule has 0 aromatic heterocycles. The van der Waals surface area contributed by atoms with Crippen molar-refractivity contribution in [2.24, 2.45) is 5.73 Å². The molecule has 2 amide bonds. The van der Waals surface area contributed by atoms with Gasteiger partial charge < -0.3 is 20.9 Å². The minimum absolute atomic E-state index is 0.115. The van der Waals surface area contributed by atoms with Crippen LogP contribution < -0.4 is 11.1 Å². The van der Waals surface area contributed by atoms with E-state index in [-0.39, 0.29) is 13.0 Å². The maximum atomic E-state index is 11.2. The van der Waals surface area contributed by atoms with Crippen LogP contribution in [-0.4, -0.2) is 35.4 Å². The summed E-state index contributed by atoms with van der Waals surface area (Å²) >= 11 is 0. The van der Waals surface area contributed by atoms with Crippen molar-refractivity contribution in [1.82, 2.24) is 5.32 Å². The van der Waals surface area contributed by atoms with Gasteiger partial charge in [0, 0.05) is 6.42 Å². The van der Waals surface area contributed by atoms with Gasteiger partial charge in [0.05, 0.1) is 12.6 Å². The Morgan fingerprint density at radius 1 is 1.47 bits per heavy atom. The standard InChI is InChI=1S/C9H18N2O4/c1-9(2,3)15-8(14)11-6(5-12)4-7(10)13/h6,12H,4-5H2,1-3H3,(H2,10,13)(H,11,14)/t6-/m0/s1. The zero-order valence-corrected chi connectivity index (χ0v) is 9.24. The van der Waals surface area contributed by atoms with E-state index in [0.29, 0.717) is 0 Å². The summed E-state index contributed by atoms with van der Waals surface area (Å²) in [6, 6.07) is -0.697. The van der Waals surface area contributed by atoms with Gasteiger partial charge in [-0.05, 0) is 20.8 Å². The number of primary amides is 1. The Kier molecular flexibility index (Phi) is 5.07. The Balaban J connectivity index is 4.07. The highest BCUT2D eigenvalue weighted by atomic mass is 16.6. The summed E-state index contributed by atoms with van der Waals surface area (Å²) in [6.07, 6.45) is -0.793.